The first-order valence-electron chi connectivity index (χ1n) is 7.23. The van der Waals surface area contributed by atoms with Crippen LogP contribution in [0.2, 0.25) is 0 Å². The van der Waals surface area contributed by atoms with Crippen LogP contribution in [-0.2, 0) is 6.54 Å². The van der Waals surface area contributed by atoms with E-state index in [4.69, 9.17) is 10.5 Å². The molecule has 0 aromatic heterocycles. The fourth-order valence-electron chi connectivity index (χ4n) is 2.75. The Morgan fingerprint density at radius 1 is 1.26 bits per heavy atom. The van der Waals surface area contributed by atoms with E-state index in [-0.39, 0.29) is 0 Å². The van der Waals surface area contributed by atoms with Crippen LogP contribution in [0.3, 0.4) is 0 Å². The molecule has 0 bridgehead atoms. The summed E-state index contributed by atoms with van der Waals surface area (Å²) in [5.74, 6) is 0.938. The van der Waals surface area contributed by atoms with E-state index in [1.807, 2.05) is 24.3 Å². The van der Waals surface area contributed by atoms with Crippen molar-refractivity contribution >= 4 is 0 Å². The van der Waals surface area contributed by atoms with E-state index in [1.54, 1.807) is 0 Å². The van der Waals surface area contributed by atoms with Crippen molar-refractivity contribution in [1.29, 1.82) is 0 Å². The van der Waals surface area contributed by atoms with Gasteiger partial charge in [0.1, 0.15) is 12.4 Å². The van der Waals surface area contributed by atoms with Gasteiger partial charge in [0.05, 0.1) is 0 Å². The van der Waals surface area contributed by atoms with Crippen LogP contribution in [0.25, 0.3) is 0 Å². The summed E-state index contributed by atoms with van der Waals surface area (Å²) in [6.07, 6.45) is 2.64. The molecule has 1 saturated heterocycles. The number of ether oxygens (including phenoxy) is 1. The van der Waals surface area contributed by atoms with E-state index in [0.717, 1.165) is 24.5 Å². The van der Waals surface area contributed by atoms with Crippen LogP contribution in [0.1, 0.15) is 32.3 Å². The Kier molecular flexibility index (Phi) is 4.83. The van der Waals surface area contributed by atoms with Gasteiger partial charge in [-0.1, -0.05) is 26.0 Å². The Bertz CT molecular complexity index is 386. The number of hydrogen-bond acceptors (Lipinski definition) is 3. The van der Waals surface area contributed by atoms with E-state index in [0.29, 0.717) is 12.0 Å². The second-order valence-electron chi connectivity index (χ2n) is 6.24. The molecule has 1 aliphatic rings. The molecule has 0 amide bonds. The van der Waals surface area contributed by atoms with Gasteiger partial charge in [0.25, 0.3) is 0 Å². The summed E-state index contributed by atoms with van der Waals surface area (Å²) in [5.41, 5.74) is 7.18. The van der Waals surface area contributed by atoms with E-state index in [2.05, 4.69) is 18.7 Å². The van der Waals surface area contributed by atoms with Gasteiger partial charge in [-0.3, -0.25) is 4.90 Å². The molecule has 0 aliphatic carbocycles. The van der Waals surface area contributed by atoms with Crippen molar-refractivity contribution < 1.29 is 4.74 Å². The molecule has 1 aliphatic heterocycles. The number of nitrogens with two attached hydrogens (primary N) is 1. The number of hydrogen-bond donors (Lipinski definition) is 1. The highest BCUT2D eigenvalue weighted by Crippen LogP contribution is 2.28. The third kappa shape index (κ3) is 4.51. The number of rotatable bonds is 5. The lowest BCUT2D eigenvalue weighted by molar-refractivity contribution is 0.102. The van der Waals surface area contributed by atoms with E-state index in [9.17, 15) is 0 Å². The molecule has 19 heavy (non-hydrogen) atoms. The highest BCUT2D eigenvalue weighted by Gasteiger charge is 2.25. The van der Waals surface area contributed by atoms with Gasteiger partial charge >= 0.3 is 0 Å². The molecule has 0 atom stereocenters. The third-order valence-corrected chi connectivity index (χ3v) is 3.81. The molecule has 0 spiro atoms. The minimum Gasteiger partial charge on any atom is -0.492 e. The number of piperidine rings is 1. The molecule has 0 radical (unpaired) electrons. The van der Waals surface area contributed by atoms with E-state index >= 15 is 0 Å². The fraction of sp³-hybridized carbons (Fsp3) is 0.625. The molecule has 1 heterocycles. The van der Waals surface area contributed by atoms with Crippen molar-refractivity contribution in [3.63, 3.8) is 0 Å². The fourth-order valence-corrected chi connectivity index (χ4v) is 2.75. The quantitative estimate of drug-likeness (QED) is 0.886. The molecular formula is C16H26N2O. The van der Waals surface area contributed by atoms with Gasteiger partial charge in [-0.25, -0.2) is 0 Å². The zero-order valence-electron chi connectivity index (χ0n) is 12.2. The molecule has 1 aromatic rings. The van der Waals surface area contributed by atoms with Crippen LogP contribution >= 0.6 is 0 Å². The van der Waals surface area contributed by atoms with Gasteiger partial charge in [0, 0.05) is 19.6 Å². The average molecular weight is 262 g/mol. The summed E-state index contributed by atoms with van der Waals surface area (Å²) in [6, 6.07) is 8.06. The van der Waals surface area contributed by atoms with Crippen LogP contribution in [0.15, 0.2) is 24.3 Å². The monoisotopic (exact) mass is 262 g/mol. The van der Waals surface area contributed by atoms with Gasteiger partial charge in [-0.2, -0.15) is 0 Å². The summed E-state index contributed by atoms with van der Waals surface area (Å²) >= 11 is 0. The smallest absolute Gasteiger partial charge is 0.119 e. The molecule has 2 N–H and O–H groups in total. The Balaban J connectivity index is 1.73. The zero-order valence-corrected chi connectivity index (χ0v) is 12.2. The first-order chi connectivity index (χ1) is 9.09. The standard InChI is InChI=1S/C16H26N2O/c1-16(2)8-3-9-18(13-16)10-11-19-15-6-4-14(12-17)5-7-15/h4-7H,3,8-13,17H2,1-2H3. The summed E-state index contributed by atoms with van der Waals surface area (Å²) in [7, 11) is 0. The minimum absolute atomic E-state index is 0.459. The summed E-state index contributed by atoms with van der Waals surface area (Å²) in [4.78, 5) is 2.51. The number of nitrogens with zero attached hydrogens (tertiary/aromatic N) is 1. The molecule has 3 nitrogen and oxygen atoms in total. The van der Waals surface area contributed by atoms with Crippen LogP contribution in [0.5, 0.6) is 5.75 Å². The van der Waals surface area contributed by atoms with Crippen molar-refractivity contribution in [2.75, 3.05) is 26.2 Å². The van der Waals surface area contributed by atoms with Crippen LogP contribution in [0.4, 0.5) is 0 Å². The third-order valence-electron chi connectivity index (χ3n) is 3.81. The maximum absolute atomic E-state index is 5.79. The second kappa shape index (κ2) is 6.40. The maximum Gasteiger partial charge on any atom is 0.119 e. The molecule has 0 saturated carbocycles. The minimum atomic E-state index is 0.459. The molecule has 1 aromatic carbocycles. The van der Waals surface area contributed by atoms with E-state index < -0.39 is 0 Å². The molecular weight excluding hydrogens is 236 g/mol. The van der Waals surface area contributed by atoms with Crippen molar-refractivity contribution in [3.8, 4) is 5.75 Å². The van der Waals surface area contributed by atoms with Crippen LogP contribution < -0.4 is 10.5 Å². The van der Waals surface area contributed by atoms with Crippen molar-refractivity contribution in [3.05, 3.63) is 29.8 Å². The van der Waals surface area contributed by atoms with Crippen molar-refractivity contribution in [1.82, 2.24) is 4.90 Å². The predicted octanol–water partition coefficient (Wildman–Crippen LogP) is 2.65. The van der Waals surface area contributed by atoms with E-state index in [1.165, 1.54) is 25.9 Å². The van der Waals surface area contributed by atoms with Gasteiger partial charge < -0.3 is 10.5 Å². The van der Waals surface area contributed by atoms with Gasteiger partial charge in [0.15, 0.2) is 0 Å². The predicted molar refractivity (Wildman–Crippen MR) is 79.3 cm³/mol. The molecule has 2 rings (SSSR count). The van der Waals surface area contributed by atoms with Crippen molar-refractivity contribution in [2.45, 2.75) is 33.2 Å². The zero-order chi connectivity index (χ0) is 13.7. The largest absolute Gasteiger partial charge is 0.492 e. The number of benzene rings is 1. The lowest BCUT2D eigenvalue weighted by atomic mass is 9.84. The Hall–Kier alpha value is -1.06. The molecule has 0 unspecified atom stereocenters. The van der Waals surface area contributed by atoms with Crippen molar-refractivity contribution in [2.24, 2.45) is 11.1 Å². The van der Waals surface area contributed by atoms with Gasteiger partial charge in [-0.15, -0.1) is 0 Å². The topological polar surface area (TPSA) is 38.5 Å². The first kappa shape index (κ1) is 14.4. The number of likely N-dealkylation sites (tertiary alicyclic amines) is 1. The highest BCUT2D eigenvalue weighted by atomic mass is 16.5. The SMILES string of the molecule is CC1(C)CCCN(CCOc2ccc(CN)cc2)C1. The Morgan fingerprint density at radius 3 is 2.63 bits per heavy atom. The van der Waals surface area contributed by atoms with Gasteiger partial charge in [0.2, 0.25) is 0 Å². The van der Waals surface area contributed by atoms with Crippen LogP contribution in [-0.4, -0.2) is 31.1 Å². The second-order valence-corrected chi connectivity index (χ2v) is 6.24. The normalized spacial score (nSPS) is 19.3. The maximum atomic E-state index is 5.79. The first-order valence-corrected chi connectivity index (χ1v) is 7.23. The summed E-state index contributed by atoms with van der Waals surface area (Å²) in [5, 5.41) is 0. The Morgan fingerprint density at radius 2 is 2.00 bits per heavy atom. The molecule has 106 valence electrons. The molecule has 1 fully saturated rings. The molecule has 3 heteroatoms. The lowest BCUT2D eigenvalue weighted by Gasteiger charge is -2.37. The summed E-state index contributed by atoms with van der Waals surface area (Å²) < 4.78 is 5.79. The average Bonchev–Trinajstić information content (AvgIpc) is 2.38. The lowest BCUT2D eigenvalue weighted by Crippen LogP contribution is -2.41. The highest BCUT2D eigenvalue weighted by molar-refractivity contribution is 5.27. The summed E-state index contributed by atoms with van der Waals surface area (Å²) in [6.45, 7) is 9.46. The van der Waals surface area contributed by atoms with Gasteiger partial charge in [-0.05, 0) is 42.5 Å². The Labute approximate surface area is 116 Å². The van der Waals surface area contributed by atoms with Crippen LogP contribution in [0, 0.1) is 5.41 Å².